The molecular weight excluding hydrogens is 283 g/mol. The van der Waals surface area contributed by atoms with Crippen LogP contribution in [-0.2, 0) is 4.79 Å². The average molecular weight is 290 g/mol. The van der Waals surface area contributed by atoms with E-state index in [1.165, 1.54) is 0 Å². The van der Waals surface area contributed by atoms with E-state index >= 15 is 0 Å². The van der Waals surface area contributed by atoms with Gasteiger partial charge in [-0.25, -0.2) is 0 Å². The first-order valence-electron chi connectivity index (χ1n) is 3.85. The van der Waals surface area contributed by atoms with Crippen molar-refractivity contribution < 1.29 is 14.3 Å². The maximum Gasteiger partial charge on any atom is 0.236 e. The number of hydrogen-bond donors (Lipinski definition) is 0. The molecule has 0 fully saturated rings. The van der Waals surface area contributed by atoms with Crippen LogP contribution in [0.5, 0.6) is 11.5 Å². The lowest BCUT2D eigenvalue weighted by Crippen LogP contribution is -2.33. The van der Waals surface area contributed by atoms with E-state index in [1.54, 1.807) is 28.7 Å². The molecule has 0 N–H and O–H groups in total. The van der Waals surface area contributed by atoms with Crippen molar-refractivity contribution in [3.8, 4) is 11.5 Å². The van der Waals surface area contributed by atoms with Gasteiger partial charge in [0.15, 0.2) is 11.5 Å². The van der Waals surface area contributed by atoms with Gasteiger partial charge in [0.05, 0.1) is 0 Å². The van der Waals surface area contributed by atoms with Gasteiger partial charge in [-0.2, -0.15) is 0 Å². The molecule has 1 aromatic carbocycles. The molecule has 0 saturated heterocycles. The Morgan fingerprint density at radius 1 is 1.38 bits per heavy atom. The number of carbonyl (C=O) groups excluding carboxylic acids is 1. The Morgan fingerprint density at radius 3 is 2.77 bits per heavy atom. The van der Waals surface area contributed by atoms with E-state index in [-0.39, 0.29) is 3.79 Å². The molecule has 0 aliphatic carbocycles. The van der Waals surface area contributed by atoms with Crippen LogP contribution >= 0.6 is 22.6 Å². The molecule has 0 aromatic heterocycles. The molecule has 0 saturated carbocycles. The number of hydrogen-bond acceptors (Lipinski definition) is 3. The predicted octanol–water partition coefficient (Wildman–Crippen LogP) is 1.79. The Kier molecular flexibility index (Phi) is 2.39. The van der Waals surface area contributed by atoms with Gasteiger partial charge in [0.25, 0.3) is 0 Å². The normalized spacial score (nSPS) is 19.6. The molecule has 1 aliphatic rings. The predicted molar refractivity (Wildman–Crippen MR) is 55.4 cm³/mol. The summed E-state index contributed by atoms with van der Waals surface area (Å²) in [6.07, 6.45) is -0.463. The molecule has 0 amide bonds. The van der Waals surface area contributed by atoms with E-state index in [0.717, 1.165) is 0 Å². The van der Waals surface area contributed by atoms with Crippen LogP contribution in [0.15, 0.2) is 24.3 Å². The Hall–Kier alpha value is -0.780. The summed E-state index contributed by atoms with van der Waals surface area (Å²) in [5, 5.41) is 0. The Bertz CT molecular complexity index is 337. The van der Waals surface area contributed by atoms with Gasteiger partial charge in [0.2, 0.25) is 9.89 Å². The molecule has 1 aliphatic heterocycles. The number of fused-ring (bicyclic) bond motifs is 1. The highest BCUT2D eigenvalue weighted by molar-refractivity contribution is 14.1. The summed E-state index contributed by atoms with van der Waals surface area (Å²) in [6, 6.07) is 7.33. The van der Waals surface area contributed by atoms with Crippen molar-refractivity contribution in [1.82, 2.24) is 0 Å². The molecule has 1 atom stereocenters. The maximum atomic E-state index is 11.0. The van der Waals surface area contributed by atoms with Crippen molar-refractivity contribution in [3.63, 3.8) is 0 Å². The van der Waals surface area contributed by atoms with Crippen molar-refractivity contribution in [2.45, 2.75) is 6.10 Å². The topological polar surface area (TPSA) is 35.5 Å². The number of benzene rings is 1. The molecule has 68 valence electrons. The first-order valence-corrected chi connectivity index (χ1v) is 4.93. The van der Waals surface area contributed by atoms with Crippen LogP contribution in [0, 0.1) is 0 Å². The highest BCUT2D eigenvalue weighted by Gasteiger charge is 2.24. The molecule has 4 heteroatoms. The molecule has 0 bridgehead atoms. The number of halogens is 1. The Balaban J connectivity index is 2.24. The zero-order valence-corrected chi connectivity index (χ0v) is 8.85. The molecule has 13 heavy (non-hydrogen) atoms. The van der Waals surface area contributed by atoms with Crippen LogP contribution in [0.25, 0.3) is 0 Å². The lowest BCUT2D eigenvalue weighted by Gasteiger charge is -2.23. The first-order chi connectivity index (χ1) is 6.27. The molecule has 1 aromatic rings. The smallest absolute Gasteiger partial charge is 0.236 e. The van der Waals surface area contributed by atoms with E-state index in [4.69, 9.17) is 9.47 Å². The number of rotatable bonds is 1. The largest absolute Gasteiger partial charge is 0.485 e. The van der Waals surface area contributed by atoms with Gasteiger partial charge in [0.1, 0.15) is 6.61 Å². The van der Waals surface area contributed by atoms with Gasteiger partial charge in [-0.3, -0.25) is 4.79 Å². The number of carbonyl (C=O) groups is 1. The van der Waals surface area contributed by atoms with E-state index in [9.17, 15) is 4.79 Å². The molecule has 1 unspecified atom stereocenters. The SMILES string of the molecule is O=C(I)C1COc2ccccc2O1. The van der Waals surface area contributed by atoms with Crippen LogP contribution in [0.2, 0.25) is 0 Å². The minimum Gasteiger partial charge on any atom is -0.485 e. The molecule has 0 radical (unpaired) electrons. The fourth-order valence-electron chi connectivity index (χ4n) is 1.13. The second-order valence-electron chi connectivity index (χ2n) is 2.67. The second kappa shape index (κ2) is 3.53. The van der Waals surface area contributed by atoms with E-state index in [2.05, 4.69) is 0 Å². The molecule has 3 nitrogen and oxygen atoms in total. The minimum absolute atomic E-state index is 0.0351. The zero-order valence-electron chi connectivity index (χ0n) is 6.70. The van der Waals surface area contributed by atoms with Crippen molar-refractivity contribution in [2.24, 2.45) is 0 Å². The monoisotopic (exact) mass is 290 g/mol. The van der Waals surface area contributed by atoms with Crippen LogP contribution in [-0.4, -0.2) is 16.5 Å². The van der Waals surface area contributed by atoms with Crippen LogP contribution in [0.1, 0.15) is 0 Å². The van der Waals surface area contributed by atoms with Crippen LogP contribution in [0.4, 0.5) is 0 Å². The van der Waals surface area contributed by atoms with Gasteiger partial charge < -0.3 is 9.47 Å². The lowest BCUT2D eigenvalue weighted by molar-refractivity contribution is -0.117. The number of para-hydroxylation sites is 2. The van der Waals surface area contributed by atoms with E-state index in [0.29, 0.717) is 18.1 Å². The average Bonchev–Trinajstić information content (AvgIpc) is 2.17. The minimum atomic E-state index is -0.463. The molecule has 0 spiro atoms. The summed E-state index contributed by atoms with van der Waals surface area (Å²) < 4.78 is 10.7. The molecule has 1 heterocycles. The van der Waals surface area contributed by atoms with E-state index < -0.39 is 6.10 Å². The highest BCUT2D eigenvalue weighted by atomic mass is 127. The fraction of sp³-hybridized carbons (Fsp3) is 0.222. The summed E-state index contributed by atoms with van der Waals surface area (Å²) in [6.45, 7) is 0.304. The Labute approximate surface area is 89.2 Å². The Morgan fingerprint density at radius 2 is 2.08 bits per heavy atom. The standard InChI is InChI=1S/C9H7IO3/c10-9(11)8-5-12-6-3-1-2-4-7(6)13-8/h1-4,8H,5H2. The summed E-state index contributed by atoms with van der Waals surface area (Å²) in [5.41, 5.74) is 0. The third-order valence-electron chi connectivity index (χ3n) is 1.76. The van der Waals surface area contributed by atoms with Gasteiger partial charge in [-0.1, -0.05) is 12.1 Å². The quantitative estimate of drug-likeness (QED) is 0.584. The fourth-order valence-corrected chi connectivity index (χ4v) is 1.44. The van der Waals surface area contributed by atoms with Crippen molar-refractivity contribution in [2.75, 3.05) is 6.61 Å². The summed E-state index contributed by atoms with van der Waals surface area (Å²) in [5.74, 6) is 1.35. The highest BCUT2D eigenvalue weighted by Crippen LogP contribution is 2.31. The van der Waals surface area contributed by atoms with E-state index in [1.807, 2.05) is 18.2 Å². The van der Waals surface area contributed by atoms with Gasteiger partial charge >= 0.3 is 0 Å². The summed E-state index contributed by atoms with van der Waals surface area (Å²) >= 11 is 1.72. The van der Waals surface area contributed by atoms with Crippen LogP contribution in [0.3, 0.4) is 0 Å². The third kappa shape index (κ3) is 1.77. The molecule has 2 rings (SSSR count). The van der Waals surface area contributed by atoms with Gasteiger partial charge in [-0.15, -0.1) is 0 Å². The molecular formula is C9H7IO3. The van der Waals surface area contributed by atoms with Crippen molar-refractivity contribution in [3.05, 3.63) is 24.3 Å². The van der Waals surface area contributed by atoms with Crippen molar-refractivity contribution >= 4 is 26.4 Å². The number of ether oxygens (including phenoxy) is 2. The van der Waals surface area contributed by atoms with Crippen molar-refractivity contribution in [1.29, 1.82) is 0 Å². The third-order valence-corrected chi connectivity index (χ3v) is 2.46. The van der Waals surface area contributed by atoms with Crippen LogP contribution < -0.4 is 9.47 Å². The van der Waals surface area contributed by atoms with Gasteiger partial charge in [-0.05, 0) is 12.1 Å². The first kappa shape index (κ1) is 8.80. The summed E-state index contributed by atoms with van der Waals surface area (Å²) in [7, 11) is 0. The zero-order chi connectivity index (χ0) is 9.26. The maximum absolute atomic E-state index is 11.0. The lowest BCUT2D eigenvalue weighted by atomic mass is 10.3. The van der Waals surface area contributed by atoms with Gasteiger partial charge in [0, 0.05) is 22.6 Å². The summed E-state index contributed by atoms with van der Waals surface area (Å²) in [4.78, 5) is 11.0. The second-order valence-corrected chi connectivity index (χ2v) is 3.73.